The van der Waals surface area contributed by atoms with Crippen molar-refractivity contribution in [1.82, 2.24) is 10.6 Å². The van der Waals surface area contributed by atoms with E-state index in [9.17, 15) is 0 Å². The van der Waals surface area contributed by atoms with Crippen LogP contribution in [0, 0.1) is 13.8 Å². The highest BCUT2D eigenvalue weighted by molar-refractivity contribution is 5.80. The number of nitrogens with zero attached hydrogens (tertiary/aromatic N) is 1. The van der Waals surface area contributed by atoms with Crippen LogP contribution in [-0.2, 0) is 11.3 Å². The predicted molar refractivity (Wildman–Crippen MR) is 85.6 cm³/mol. The molecule has 1 aromatic carbocycles. The molecule has 21 heavy (non-hydrogen) atoms. The molecule has 114 valence electrons. The van der Waals surface area contributed by atoms with Crippen molar-refractivity contribution in [1.29, 1.82) is 0 Å². The molecule has 2 saturated heterocycles. The molecule has 2 heterocycles. The minimum atomic E-state index is 0.370. The molecule has 0 radical (unpaired) electrons. The topological polar surface area (TPSA) is 45.7 Å². The summed E-state index contributed by atoms with van der Waals surface area (Å²) in [5.41, 5.74) is 3.94. The molecule has 0 amide bonds. The molecule has 3 atom stereocenters. The second-order valence-electron chi connectivity index (χ2n) is 6.22. The largest absolute Gasteiger partial charge is 0.373 e. The number of hydrogen-bond acceptors (Lipinski definition) is 2. The van der Waals surface area contributed by atoms with Crippen LogP contribution in [0.3, 0.4) is 0 Å². The Morgan fingerprint density at radius 1 is 1.33 bits per heavy atom. The molecule has 4 nitrogen and oxygen atoms in total. The van der Waals surface area contributed by atoms with Crippen LogP contribution >= 0.6 is 0 Å². The molecule has 0 aliphatic carbocycles. The van der Waals surface area contributed by atoms with Crippen LogP contribution in [0.2, 0.25) is 0 Å². The summed E-state index contributed by atoms with van der Waals surface area (Å²) in [5.74, 6) is 0.871. The molecule has 0 saturated carbocycles. The van der Waals surface area contributed by atoms with E-state index in [-0.39, 0.29) is 0 Å². The number of ether oxygens (including phenoxy) is 1. The summed E-state index contributed by atoms with van der Waals surface area (Å²) < 4.78 is 5.88. The molecule has 3 unspecified atom stereocenters. The average Bonchev–Trinajstić information content (AvgIpc) is 3.07. The van der Waals surface area contributed by atoms with Gasteiger partial charge in [0.2, 0.25) is 0 Å². The minimum absolute atomic E-state index is 0.370. The lowest BCUT2D eigenvalue weighted by Gasteiger charge is -2.23. The number of fused-ring (bicyclic) bond motifs is 2. The maximum absolute atomic E-state index is 5.88. The van der Waals surface area contributed by atoms with E-state index in [0.717, 1.165) is 18.9 Å². The Morgan fingerprint density at radius 2 is 2.19 bits per heavy atom. The van der Waals surface area contributed by atoms with Crippen LogP contribution in [0.5, 0.6) is 0 Å². The van der Waals surface area contributed by atoms with E-state index in [2.05, 4.69) is 47.7 Å². The van der Waals surface area contributed by atoms with Gasteiger partial charge in [0, 0.05) is 13.6 Å². The fourth-order valence-electron chi connectivity index (χ4n) is 3.38. The van der Waals surface area contributed by atoms with Crippen molar-refractivity contribution in [2.24, 2.45) is 4.99 Å². The van der Waals surface area contributed by atoms with Gasteiger partial charge in [0.25, 0.3) is 0 Å². The van der Waals surface area contributed by atoms with E-state index in [4.69, 9.17) is 4.74 Å². The van der Waals surface area contributed by atoms with Crippen LogP contribution in [0.15, 0.2) is 23.2 Å². The molecule has 4 heteroatoms. The first-order chi connectivity index (χ1) is 10.2. The first kappa shape index (κ1) is 14.4. The Bertz CT molecular complexity index is 541. The quantitative estimate of drug-likeness (QED) is 0.662. The van der Waals surface area contributed by atoms with E-state index in [0.29, 0.717) is 18.2 Å². The number of benzene rings is 1. The second-order valence-corrected chi connectivity index (χ2v) is 6.22. The SMILES string of the molecule is CN=C(NCc1ccc(C)cc1C)NC1CC2CCC1O2. The zero-order valence-electron chi connectivity index (χ0n) is 13.1. The number of aryl methyl sites for hydroxylation is 2. The second kappa shape index (κ2) is 6.06. The van der Waals surface area contributed by atoms with Gasteiger partial charge in [-0.25, -0.2) is 0 Å². The number of aliphatic imine (C=N–C) groups is 1. The third kappa shape index (κ3) is 3.21. The molecule has 2 bridgehead atoms. The summed E-state index contributed by atoms with van der Waals surface area (Å²) in [7, 11) is 1.82. The molecule has 2 aliphatic heterocycles. The Labute approximate surface area is 127 Å². The summed E-state index contributed by atoms with van der Waals surface area (Å²) >= 11 is 0. The molecular weight excluding hydrogens is 262 g/mol. The van der Waals surface area contributed by atoms with Crippen molar-refractivity contribution in [3.05, 3.63) is 34.9 Å². The lowest BCUT2D eigenvalue weighted by molar-refractivity contribution is 0.0992. The Balaban J connectivity index is 1.55. The van der Waals surface area contributed by atoms with Gasteiger partial charge in [0.15, 0.2) is 5.96 Å². The molecule has 3 rings (SSSR count). The van der Waals surface area contributed by atoms with Crippen LogP contribution in [0.4, 0.5) is 0 Å². The summed E-state index contributed by atoms with van der Waals surface area (Å²) in [6.45, 7) is 5.08. The van der Waals surface area contributed by atoms with E-state index in [1.807, 2.05) is 7.05 Å². The van der Waals surface area contributed by atoms with Crippen molar-refractivity contribution < 1.29 is 4.74 Å². The smallest absolute Gasteiger partial charge is 0.191 e. The van der Waals surface area contributed by atoms with Crippen molar-refractivity contribution in [3.63, 3.8) is 0 Å². The first-order valence-corrected chi connectivity index (χ1v) is 7.84. The first-order valence-electron chi connectivity index (χ1n) is 7.84. The van der Waals surface area contributed by atoms with Crippen molar-refractivity contribution >= 4 is 5.96 Å². The van der Waals surface area contributed by atoms with Gasteiger partial charge >= 0.3 is 0 Å². The van der Waals surface area contributed by atoms with E-state index in [1.165, 1.54) is 29.5 Å². The number of guanidine groups is 1. The van der Waals surface area contributed by atoms with Crippen molar-refractivity contribution in [2.75, 3.05) is 7.05 Å². The third-order valence-electron chi connectivity index (χ3n) is 4.60. The Kier molecular flexibility index (Phi) is 4.15. The minimum Gasteiger partial charge on any atom is -0.373 e. The highest BCUT2D eigenvalue weighted by atomic mass is 16.5. The molecule has 0 spiro atoms. The van der Waals surface area contributed by atoms with Gasteiger partial charge in [-0.1, -0.05) is 23.8 Å². The fourth-order valence-corrected chi connectivity index (χ4v) is 3.38. The maximum Gasteiger partial charge on any atom is 0.191 e. The van der Waals surface area contributed by atoms with Crippen LogP contribution in [-0.4, -0.2) is 31.3 Å². The van der Waals surface area contributed by atoms with Crippen LogP contribution in [0.1, 0.15) is 36.0 Å². The van der Waals surface area contributed by atoms with Gasteiger partial charge in [-0.2, -0.15) is 0 Å². The predicted octanol–water partition coefficient (Wildman–Crippen LogP) is 2.29. The number of hydrogen-bond donors (Lipinski definition) is 2. The standard InChI is InChI=1S/C17H25N3O/c1-11-4-5-13(12(2)8-11)10-19-17(18-3)20-15-9-14-6-7-16(15)21-14/h4-5,8,14-16H,6-7,9-10H2,1-3H3,(H2,18,19,20). The molecule has 2 fully saturated rings. The number of rotatable bonds is 3. The van der Waals surface area contributed by atoms with E-state index in [1.54, 1.807) is 0 Å². The van der Waals surface area contributed by atoms with Gasteiger partial charge in [-0.3, -0.25) is 4.99 Å². The van der Waals surface area contributed by atoms with Crippen LogP contribution in [0.25, 0.3) is 0 Å². The van der Waals surface area contributed by atoms with E-state index < -0.39 is 0 Å². The van der Waals surface area contributed by atoms with Gasteiger partial charge in [0.1, 0.15) is 0 Å². The maximum atomic E-state index is 5.88. The van der Waals surface area contributed by atoms with E-state index >= 15 is 0 Å². The van der Waals surface area contributed by atoms with Gasteiger partial charge in [-0.05, 0) is 44.2 Å². The monoisotopic (exact) mass is 287 g/mol. The van der Waals surface area contributed by atoms with Gasteiger partial charge in [-0.15, -0.1) is 0 Å². The van der Waals surface area contributed by atoms with Crippen LogP contribution < -0.4 is 10.6 Å². The average molecular weight is 287 g/mol. The molecular formula is C17H25N3O. The normalized spacial score (nSPS) is 28.0. The van der Waals surface area contributed by atoms with Gasteiger partial charge < -0.3 is 15.4 Å². The summed E-state index contributed by atoms with van der Waals surface area (Å²) in [6.07, 6.45) is 4.34. The Morgan fingerprint density at radius 3 is 2.81 bits per heavy atom. The fraction of sp³-hybridized carbons (Fsp3) is 0.588. The molecule has 2 N–H and O–H groups in total. The molecule has 1 aromatic rings. The summed E-state index contributed by atoms with van der Waals surface area (Å²) in [5, 5.41) is 6.93. The lowest BCUT2D eigenvalue weighted by Crippen LogP contribution is -2.47. The zero-order valence-corrected chi connectivity index (χ0v) is 13.1. The molecule has 2 aliphatic rings. The van der Waals surface area contributed by atoms with Crippen molar-refractivity contribution in [2.45, 2.75) is 57.9 Å². The van der Waals surface area contributed by atoms with Crippen molar-refractivity contribution in [3.8, 4) is 0 Å². The number of nitrogens with one attached hydrogen (secondary N) is 2. The zero-order chi connectivity index (χ0) is 14.8. The summed E-state index contributed by atoms with van der Waals surface area (Å²) in [6, 6.07) is 6.97. The third-order valence-corrected chi connectivity index (χ3v) is 4.60. The highest BCUT2D eigenvalue weighted by Gasteiger charge is 2.41. The highest BCUT2D eigenvalue weighted by Crippen LogP contribution is 2.34. The molecule has 0 aromatic heterocycles. The van der Waals surface area contributed by atoms with Gasteiger partial charge in [0.05, 0.1) is 18.2 Å². The summed E-state index contributed by atoms with van der Waals surface area (Å²) in [4.78, 5) is 4.34. The lowest BCUT2D eigenvalue weighted by atomic mass is 9.96. The Hall–Kier alpha value is -1.55.